The Morgan fingerprint density at radius 3 is 2.06 bits per heavy atom. The highest BCUT2D eigenvalue weighted by molar-refractivity contribution is 5.96. The highest BCUT2D eigenvalue weighted by Crippen LogP contribution is 2.20. The number of hydrogen-bond acceptors (Lipinski definition) is 9. The zero-order valence-corrected chi connectivity index (χ0v) is 27.0. The first-order valence-electron chi connectivity index (χ1n) is 15.6. The zero-order chi connectivity index (χ0) is 35.4. The van der Waals surface area contributed by atoms with Gasteiger partial charge in [0.2, 0.25) is 29.5 Å². The van der Waals surface area contributed by atoms with Crippen LogP contribution in [0.4, 0.5) is 0 Å². The second-order valence-electron chi connectivity index (χ2n) is 11.8. The van der Waals surface area contributed by atoms with Crippen molar-refractivity contribution in [2.75, 3.05) is 6.54 Å². The Bertz CT molecular complexity index is 1310. The summed E-state index contributed by atoms with van der Waals surface area (Å²) >= 11 is 0. The van der Waals surface area contributed by atoms with Gasteiger partial charge in [-0.2, -0.15) is 0 Å². The third-order valence-electron chi connectivity index (χ3n) is 8.15. The lowest BCUT2D eigenvalue weighted by Gasteiger charge is -2.29. The Balaban J connectivity index is 2.14. The monoisotopic (exact) mass is 662 g/mol. The maximum Gasteiger partial charge on any atom is 0.326 e. The summed E-state index contributed by atoms with van der Waals surface area (Å²) in [7, 11) is 0. The number of likely N-dealkylation sites (tertiary alicyclic amines) is 1. The van der Waals surface area contributed by atoms with E-state index in [2.05, 4.69) is 21.3 Å². The van der Waals surface area contributed by atoms with Crippen molar-refractivity contribution in [1.82, 2.24) is 26.2 Å². The van der Waals surface area contributed by atoms with Crippen molar-refractivity contribution in [3.05, 3.63) is 29.8 Å². The van der Waals surface area contributed by atoms with E-state index < -0.39 is 90.6 Å². The number of carboxylic acid groups (broad SMARTS) is 2. The van der Waals surface area contributed by atoms with Crippen LogP contribution in [0.1, 0.15) is 65.4 Å². The van der Waals surface area contributed by atoms with Crippen molar-refractivity contribution in [2.45, 2.75) is 102 Å². The number of aliphatic carboxylic acids is 2. The Kier molecular flexibility index (Phi) is 14.6. The van der Waals surface area contributed by atoms with Crippen LogP contribution in [0.3, 0.4) is 0 Å². The van der Waals surface area contributed by atoms with Gasteiger partial charge < -0.3 is 47.2 Å². The summed E-state index contributed by atoms with van der Waals surface area (Å²) in [5.74, 6) is -6.11. The smallest absolute Gasteiger partial charge is 0.326 e. The fraction of sp³-hybridized carbons (Fsp3) is 0.581. The number of nitrogens with one attached hydrogen (secondary N) is 4. The first kappa shape index (κ1) is 38.5. The molecule has 16 heteroatoms. The van der Waals surface area contributed by atoms with Crippen LogP contribution in [0.2, 0.25) is 0 Å². The predicted octanol–water partition coefficient (Wildman–Crippen LogP) is -0.772. The lowest BCUT2D eigenvalue weighted by molar-refractivity contribution is -0.144. The van der Waals surface area contributed by atoms with Crippen LogP contribution in [-0.4, -0.2) is 104 Å². The third kappa shape index (κ3) is 11.5. The fourth-order valence-electron chi connectivity index (χ4n) is 4.98. The first-order valence-corrected chi connectivity index (χ1v) is 15.6. The van der Waals surface area contributed by atoms with Gasteiger partial charge in [0.1, 0.15) is 36.0 Å². The van der Waals surface area contributed by atoms with E-state index in [-0.39, 0.29) is 31.1 Å². The molecule has 0 unspecified atom stereocenters. The number of amides is 5. The van der Waals surface area contributed by atoms with Crippen molar-refractivity contribution in [1.29, 1.82) is 0 Å². The second kappa shape index (κ2) is 17.8. The number of rotatable bonds is 17. The van der Waals surface area contributed by atoms with Gasteiger partial charge in [0.05, 0.1) is 6.04 Å². The van der Waals surface area contributed by atoms with Gasteiger partial charge in [0, 0.05) is 19.4 Å². The highest BCUT2D eigenvalue weighted by atomic mass is 16.4. The Labute approximate surface area is 272 Å². The number of hydrogen-bond donors (Lipinski definition) is 8. The summed E-state index contributed by atoms with van der Waals surface area (Å²) in [5, 5.41) is 38.1. The molecule has 9 N–H and O–H groups in total. The minimum Gasteiger partial charge on any atom is -0.508 e. The van der Waals surface area contributed by atoms with Crippen molar-refractivity contribution in [3.8, 4) is 5.75 Å². The van der Waals surface area contributed by atoms with Crippen LogP contribution >= 0.6 is 0 Å². The molecule has 0 bridgehead atoms. The molecule has 1 aliphatic heterocycles. The summed E-state index contributed by atoms with van der Waals surface area (Å²) in [6.45, 7) is 6.79. The van der Waals surface area contributed by atoms with E-state index in [4.69, 9.17) is 10.8 Å². The molecule has 0 aromatic heterocycles. The largest absolute Gasteiger partial charge is 0.508 e. The summed E-state index contributed by atoms with van der Waals surface area (Å²) in [6, 6.07) is -0.963. The number of phenolic OH excluding ortho intramolecular Hbond substituents is 1. The van der Waals surface area contributed by atoms with E-state index >= 15 is 0 Å². The van der Waals surface area contributed by atoms with E-state index in [9.17, 15) is 43.8 Å². The molecule has 7 atom stereocenters. The quantitative estimate of drug-likeness (QED) is 0.103. The van der Waals surface area contributed by atoms with Gasteiger partial charge in [-0.25, -0.2) is 4.79 Å². The lowest BCUT2D eigenvalue weighted by atomic mass is 9.99. The molecule has 1 aromatic rings. The minimum atomic E-state index is -1.54. The van der Waals surface area contributed by atoms with E-state index in [1.807, 2.05) is 13.8 Å². The van der Waals surface area contributed by atoms with E-state index in [1.54, 1.807) is 0 Å². The van der Waals surface area contributed by atoms with Gasteiger partial charge in [-0.05, 0) is 56.7 Å². The van der Waals surface area contributed by atoms with Crippen molar-refractivity contribution >= 4 is 41.5 Å². The SMILES string of the molecule is CC[C@H](C)[C@H](N)C(=O)N[C@@H](C)C(=O)N[C@@H](C)C(=O)N1CCC[C@H]1C(=O)N[C@@H](Cc1ccc(O)cc1)C(=O)N[C@@H](CCC(=O)O)C(=O)O. The maximum atomic E-state index is 13.5. The zero-order valence-electron chi connectivity index (χ0n) is 27.0. The number of aromatic hydroxyl groups is 1. The molecule has 260 valence electrons. The molecule has 0 aliphatic carbocycles. The number of nitrogens with two attached hydrogens (primary N) is 1. The van der Waals surface area contributed by atoms with Crippen LogP contribution in [0.5, 0.6) is 5.75 Å². The molecule has 1 aliphatic rings. The summed E-state index contributed by atoms with van der Waals surface area (Å²) in [6.07, 6.45) is 0.357. The molecule has 0 spiro atoms. The molecular weight excluding hydrogens is 616 g/mol. The Hall–Kier alpha value is -4.73. The number of benzene rings is 1. The number of carboxylic acids is 2. The Morgan fingerprint density at radius 2 is 1.49 bits per heavy atom. The molecule has 1 aromatic carbocycles. The van der Waals surface area contributed by atoms with Crippen molar-refractivity contribution < 1.29 is 48.9 Å². The van der Waals surface area contributed by atoms with E-state index in [0.29, 0.717) is 18.4 Å². The van der Waals surface area contributed by atoms with Gasteiger partial charge in [-0.1, -0.05) is 32.4 Å². The van der Waals surface area contributed by atoms with Gasteiger partial charge in [0.25, 0.3) is 0 Å². The topological polar surface area (TPSA) is 258 Å². The summed E-state index contributed by atoms with van der Waals surface area (Å²) in [5.41, 5.74) is 6.45. The molecule has 1 saturated heterocycles. The number of carbonyl (C=O) groups excluding carboxylic acids is 5. The van der Waals surface area contributed by atoms with Gasteiger partial charge >= 0.3 is 11.9 Å². The number of phenols is 1. The predicted molar refractivity (Wildman–Crippen MR) is 168 cm³/mol. The molecule has 1 heterocycles. The standard InChI is InChI=1S/C31H46N6O10/c1-5-16(2)25(32)29(44)33-17(3)26(41)34-18(4)30(45)37-14-6-7-23(37)28(43)36-22(15-19-8-10-20(38)11-9-19)27(42)35-21(31(46)47)12-13-24(39)40/h8-11,16-18,21-23,25,38H,5-7,12-15,32H2,1-4H3,(H,33,44)(H,34,41)(H,35,42)(H,36,43)(H,39,40)(H,46,47)/t16-,17-,18-,21-,22-,23-,25-/m0/s1. The highest BCUT2D eigenvalue weighted by Gasteiger charge is 2.38. The summed E-state index contributed by atoms with van der Waals surface area (Å²) < 4.78 is 0. The van der Waals surface area contributed by atoms with Crippen LogP contribution in [0, 0.1) is 5.92 Å². The number of nitrogens with zero attached hydrogens (tertiary/aromatic N) is 1. The first-order chi connectivity index (χ1) is 22.0. The van der Waals surface area contributed by atoms with Crippen molar-refractivity contribution in [3.63, 3.8) is 0 Å². The molecule has 0 saturated carbocycles. The van der Waals surface area contributed by atoms with Crippen LogP contribution in [0.25, 0.3) is 0 Å². The maximum absolute atomic E-state index is 13.5. The molecule has 1 fully saturated rings. The lowest BCUT2D eigenvalue weighted by Crippen LogP contribution is -2.58. The molecule has 16 nitrogen and oxygen atoms in total. The average Bonchev–Trinajstić information content (AvgIpc) is 3.52. The van der Waals surface area contributed by atoms with Crippen LogP contribution < -0.4 is 27.0 Å². The van der Waals surface area contributed by atoms with Crippen LogP contribution in [-0.2, 0) is 40.0 Å². The van der Waals surface area contributed by atoms with Gasteiger partial charge in [-0.3, -0.25) is 28.8 Å². The van der Waals surface area contributed by atoms with Crippen molar-refractivity contribution in [2.24, 2.45) is 11.7 Å². The fourth-order valence-corrected chi connectivity index (χ4v) is 4.98. The molecule has 2 rings (SSSR count). The van der Waals surface area contributed by atoms with E-state index in [0.717, 1.165) is 0 Å². The normalized spacial score (nSPS) is 18.1. The minimum absolute atomic E-state index is 0.0360. The Morgan fingerprint density at radius 1 is 0.872 bits per heavy atom. The number of carbonyl (C=O) groups is 7. The molecule has 5 amide bonds. The molecule has 0 radical (unpaired) electrons. The molecular formula is C31H46N6O10. The average molecular weight is 663 g/mol. The summed E-state index contributed by atoms with van der Waals surface area (Å²) in [4.78, 5) is 89.3. The third-order valence-corrected chi connectivity index (χ3v) is 8.15. The van der Waals surface area contributed by atoms with Gasteiger partial charge in [-0.15, -0.1) is 0 Å². The molecule has 47 heavy (non-hydrogen) atoms. The van der Waals surface area contributed by atoms with Gasteiger partial charge in [0.15, 0.2) is 0 Å². The second-order valence-corrected chi connectivity index (χ2v) is 11.8. The van der Waals surface area contributed by atoms with E-state index in [1.165, 1.54) is 43.0 Å². The van der Waals surface area contributed by atoms with Crippen LogP contribution in [0.15, 0.2) is 24.3 Å².